The third kappa shape index (κ3) is 3.56. The summed E-state index contributed by atoms with van der Waals surface area (Å²) in [5.41, 5.74) is -0.121. The minimum Gasteiger partial charge on any atom is -0.390 e. The number of ether oxygens (including phenoxy) is 2. The van der Waals surface area contributed by atoms with Gasteiger partial charge in [-0.15, -0.1) is 0 Å². The van der Waals surface area contributed by atoms with Gasteiger partial charge in [-0.05, 0) is 39.5 Å². The molecule has 0 aromatic heterocycles. The number of aliphatic hydroxyl groups is 1. The van der Waals surface area contributed by atoms with Crippen molar-refractivity contribution in [2.75, 3.05) is 13.7 Å². The average molecular weight is 202 g/mol. The third-order valence-electron chi connectivity index (χ3n) is 3.01. The molecule has 1 rings (SSSR count). The third-order valence-corrected chi connectivity index (χ3v) is 3.01. The zero-order valence-electron chi connectivity index (χ0n) is 9.45. The van der Waals surface area contributed by atoms with Gasteiger partial charge in [-0.3, -0.25) is 0 Å². The second-order valence-electron chi connectivity index (χ2n) is 4.62. The Balaban J connectivity index is 2.15. The number of methoxy groups -OCH3 is 1. The largest absolute Gasteiger partial charge is 0.390 e. The molecule has 0 heterocycles. The summed E-state index contributed by atoms with van der Waals surface area (Å²) in [7, 11) is 1.71. The molecule has 0 aliphatic heterocycles. The Morgan fingerprint density at radius 1 is 1.36 bits per heavy atom. The molecule has 1 fully saturated rings. The fourth-order valence-corrected chi connectivity index (χ4v) is 1.66. The van der Waals surface area contributed by atoms with Crippen LogP contribution in [0.1, 0.15) is 39.5 Å². The number of hydrogen-bond acceptors (Lipinski definition) is 3. The maximum Gasteiger partial charge on any atom is 0.0833 e. The van der Waals surface area contributed by atoms with Crippen molar-refractivity contribution in [1.29, 1.82) is 0 Å². The maximum absolute atomic E-state index is 9.52. The summed E-state index contributed by atoms with van der Waals surface area (Å²) in [5, 5.41) is 9.52. The number of rotatable bonds is 5. The van der Waals surface area contributed by atoms with Crippen molar-refractivity contribution in [3.05, 3.63) is 0 Å². The van der Waals surface area contributed by atoms with Crippen LogP contribution in [0.4, 0.5) is 0 Å². The zero-order valence-corrected chi connectivity index (χ0v) is 9.45. The number of aliphatic hydroxyl groups excluding tert-OH is 1. The summed E-state index contributed by atoms with van der Waals surface area (Å²) in [6.07, 6.45) is 3.64. The smallest absolute Gasteiger partial charge is 0.0833 e. The van der Waals surface area contributed by atoms with E-state index in [2.05, 4.69) is 0 Å². The lowest BCUT2D eigenvalue weighted by atomic mass is 10.1. The highest BCUT2D eigenvalue weighted by Crippen LogP contribution is 2.23. The lowest BCUT2D eigenvalue weighted by molar-refractivity contribution is -0.0528. The van der Waals surface area contributed by atoms with Gasteiger partial charge in [0.25, 0.3) is 0 Å². The summed E-state index contributed by atoms with van der Waals surface area (Å²) >= 11 is 0. The Hall–Kier alpha value is -0.120. The second kappa shape index (κ2) is 5.10. The van der Waals surface area contributed by atoms with Crippen LogP contribution in [0.15, 0.2) is 0 Å². The van der Waals surface area contributed by atoms with Gasteiger partial charge in [0, 0.05) is 13.7 Å². The average Bonchev–Trinajstić information content (AvgIpc) is 2.52. The molecule has 1 N–H and O–H groups in total. The molecule has 3 nitrogen and oxygen atoms in total. The van der Waals surface area contributed by atoms with Gasteiger partial charge in [0.05, 0.1) is 17.8 Å². The molecule has 0 aromatic rings. The van der Waals surface area contributed by atoms with Crippen molar-refractivity contribution in [3.63, 3.8) is 0 Å². The highest BCUT2D eigenvalue weighted by Gasteiger charge is 2.26. The van der Waals surface area contributed by atoms with Crippen LogP contribution in [0.5, 0.6) is 0 Å². The Bertz CT molecular complexity index is 168. The van der Waals surface area contributed by atoms with Gasteiger partial charge in [-0.1, -0.05) is 0 Å². The Labute approximate surface area is 86.4 Å². The first-order chi connectivity index (χ1) is 6.55. The van der Waals surface area contributed by atoms with E-state index in [-0.39, 0.29) is 17.8 Å². The van der Waals surface area contributed by atoms with Gasteiger partial charge in [0.15, 0.2) is 0 Å². The normalized spacial score (nSPS) is 28.3. The summed E-state index contributed by atoms with van der Waals surface area (Å²) in [6, 6.07) is 0. The second-order valence-corrected chi connectivity index (χ2v) is 4.62. The van der Waals surface area contributed by atoms with Gasteiger partial charge in [0.1, 0.15) is 0 Å². The molecular formula is C11H22O3. The lowest BCUT2D eigenvalue weighted by Gasteiger charge is -2.24. The molecule has 3 heteroatoms. The van der Waals surface area contributed by atoms with Gasteiger partial charge in [-0.25, -0.2) is 0 Å². The lowest BCUT2D eigenvalue weighted by Crippen LogP contribution is -2.28. The molecule has 14 heavy (non-hydrogen) atoms. The van der Waals surface area contributed by atoms with Crippen LogP contribution in [0.3, 0.4) is 0 Å². The molecule has 0 spiro atoms. The maximum atomic E-state index is 9.52. The first-order valence-electron chi connectivity index (χ1n) is 5.40. The predicted molar refractivity (Wildman–Crippen MR) is 55.3 cm³/mol. The zero-order chi connectivity index (χ0) is 10.6. The van der Waals surface area contributed by atoms with E-state index in [4.69, 9.17) is 9.47 Å². The molecule has 0 bridgehead atoms. The summed E-state index contributed by atoms with van der Waals surface area (Å²) in [4.78, 5) is 0. The molecule has 0 aromatic carbocycles. The standard InChI is InChI=1S/C11H22O3/c1-11(2,13-3)7-8-14-10-6-4-5-9(10)12/h9-10,12H,4-8H2,1-3H3. The van der Waals surface area contributed by atoms with Crippen LogP contribution >= 0.6 is 0 Å². The van der Waals surface area contributed by atoms with Crippen LogP contribution in [0.25, 0.3) is 0 Å². The fraction of sp³-hybridized carbons (Fsp3) is 1.00. The molecular weight excluding hydrogens is 180 g/mol. The Morgan fingerprint density at radius 2 is 2.07 bits per heavy atom. The van der Waals surface area contributed by atoms with Gasteiger partial charge >= 0.3 is 0 Å². The van der Waals surface area contributed by atoms with E-state index >= 15 is 0 Å². The molecule has 1 saturated carbocycles. The van der Waals surface area contributed by atoms with Crippen molar-refractivity contribution < 1.29 is 14.6 Å². The summed E-state index contributed by atoms with van der Waals surface area (Å²) in [6.45, 7) is 4.76. The van der Waals surface area contributed by atoms with Crippen molar-refractivity contribution in [1.82, 2.24) is 0 Å². The van der Waals surface area contributed by atoms with E-state index in [9.17, 15) is 5.11 Å². The van der Waals surface area contributed by atoms with E-state index in [1.54, 1.807) is 7.11 Å². The van der Waals surface area contributed by atoms with Crippen LogP contribution < -0.4 is 0 Å². The topological polar surface area (TPSA) is 38.7 Å². The first kappa shape index (κ1) is 12.0. The van der Waals surface area contributed by atoms with Crippen LogP contribution in [0.2, 0.25) is 0 Å². The molecule has 1 aliphatic carbocycles. The van der Waals surface area contributed by atoms with Crippen LogP contribution in [-0.4, -0.2) is 36.6 Å². The van der Waals surface area contributed by atoms with Crippen molar-refractivity contribution in [3.8, 4) is 0 Å². The quantitative estimate of drug-likeness (QED) is 0.738. The predicted octanol–water partition coefficient (Wildman–Crippen LogP) is 1.73. The van der Waals surface area contributed by atoms with Crippen LogP contribution in [-0.2, 0) is 9.47 Å². The molecule has 2 atom stereocenters. The van der Waals surface area contributed by atoms with E-state index in [0.29, 0.717) is 6.61 Å². The number of hydrogen-bond donors (Lipinski definition) is 1. The molecule has 1 aliphatic rings. The van der Waals surface area contributed by atoms with Gasteiger partial charge in [-0.2, -0.15) is 0 Å². The van der Waals surface area contributed by atoms with Crippen molar-refractivity contribution in [2.24, 2.45) is 0 Å². The fourth-order valence-electron chi connectivity index (χ4n) is 1.66. The SMILES string of the molecule is COC(C)(C)CCOC1CCCC1O. The van der Waals surface area contributed by atoms with E-state index < -0.39 is 0 Å². The van der Waals surface area contributed by atoms with E-state index in [0.717, 1.165) is 25.7 Å². The summed E-state index contributed by atoms with van der Waals surface area (Å²) < 4.78 is 10.9. The van der Waals surface area contributed by atoms with Gasteiger partial charge < -0.3 is 14.6 Å². The monoisotopic (exact) mass is 202 g/mol. The van der Waals surface area contributed by atoms with E-state index in [1.807, 2.05) is 13.8 Å². The first-order valence-corrected chi connectivity index (χ1v) is 5.40. The Morgan fingerprint density at radius 3 is 2.57 bits per heavy atom. The van der Waals surface area contributed by atoms with Crippen molar-refractivity contribution in [2.45, 2.75) is 57.3 Å². The minimum atomic E-state index is -0.249. The highest BCUT2D eigenvalue weighted by atomic mass is 16.5. The van der Waals surface area contributed by atoms with Gasteiger partial charge in [0.2, 0.25) is 0 Å². The molecule has 0 saturated heterocycles. The van der Waals surface area contributed by atoms with E-state index in [1.165, 1.54) is 0 Å². The molecule has 0 radical (unpaired) electrons. The molecule has 2 unspecified atom stereocenters. The minimum absolute atomic E-state index is 0.0580. The van der Waals surface area contributed by atoms with Crippen LogP contribution in [0, 0.1) is 0 Å². The van der Waals surface area contributed by atoms with Crippen molar-refractivity contribution >= 4 is 0 Å². The Kier molecular flexibility index (Phi) is 4.35. The molecule has 84 valence electrons. The summed E-state index contributed by atoms with van der Waals surface area (Å²) in [5.74, 6) is 0. The highest BCUT2D eigenvalue weighted by molar-refractivity contribution is 4.77. The molecule has 0 amide bonds.